The van der Waals surface area contributed by atoms with Crippen LogP contribution >= 0.6 is 0 Å². The zero-order chi connectivity index (χ0) is 19.8. The number of carbonyl (C=O) groups is 1. The van der Waals surface area contributed by atoms with Crippen molar-refractivity contribution in [2.24, 2.45) is 0 Å². The van der Waals surface area contributed by atoms with Crippen LogP contribution in [0.1, 0.15) is 34.3 Å². The molecule has 144 valence electrons. The second-order valence-corrected chi connectivity index (χ2v) is 7.26. The van der Waals surface area contributed by atoms with Crippen LogP contribution < -0.4 is 11.1 Å². The number of nitrogen functional groups attached to an aromatic ring is 1. The van der Waals surface area contributed by atoms with Crippen molar-refractivity contribution < 1.29 is 9.32 Å². The van der Waals surface area contributed by atoms with E-state index in [2.05, 4.69) is 21.5 Å². The van der Waals surface area contributed by atoms with E-state index in [0.29, 0.717) is 11.4 Å². The van der Waals surface area contributed by atoms with Crippen LogP contribution in [0, 0.1) is 0 Å². The molecule has 29 heavy (non-hydrogen) atoms. The minimum absolute atomic E-state index is 0.0164. The third-order valence-corrected chi connectivity index (χ3v) is 5.43. The number of rotatable bonds is 3. The highest BCUT2D eigenvalue weighted by Crippen LogP contribution is 2.31. The van der Waals surface area contributed by atoms with Crippen molar-refractivity contribution in [1.82, 2.24) is 10.1 Å². The van der Waals surface area contributed by atoms with Gasteiger partial charge in [0.25, 0.3) is 5.91 Å². The number of anilines is 2. The predicted octanol–water partition coefficient (Wildman–Crippen LogP) is 4.60. The molecular formula is C23H20N4O2. The van der Waals surface area contributed by atoms with Gasteiger partial charge in [0.15, 0.2) is 0 Å². The van der Waals surface area contributed by atoms with Crippen LogP contribution in [-0.2, 0) is 12.8 Å². The third kappa shape index (κ3) is 3.12. The second-order valence-electron chi connectivity index (χ2n) is 7.26. The number of nitrogens with zero attached hydrogens (tertiary/aromatic N) is 2. The molecule has 6 nitrogen and oxygen atoms in total. The minimum Gasteiger partial charge on any atom is -0.367 e. The normalized spacial score (nSPS) is 13.2. The van der Waals surface area contributed by atoms with Crippen molar-refractivity contribution in [2.45, 2.75) is 25.7 Å². The molecule has 2 heterocycles. The van der Waals surface area contributed by atoms with Crippen LogP contribution in [-0.4, -0.2) is 16.0 Å². The van der Waals surface area contributed by atoms with Gasteiger partial charge < -0.3 is 15.6 Å². The maximum Gasteiger partial charge on any atom is 0.263 e. The lowest BCUT2D eigenvalue weighted by Gasteiger charge is -2.19. The lowest BCUT2D eigenvalue weighted by Crippen LogP contribution is -2.17. The van der Waals surface area contributed by atoms with Gasteiger partial charge in [0.2, 0.25) is 5.88 Å². The highest BCUT2D eigenvalue weighted by molar-refractivity contribution is 6.11. The number of nitrogens with two attached hydrogens (primary N) is 1. The molecule has 2 aromatic heterocycles. The van der Waals surface area contributed by atoms with Crippen molar-refractivity contribution in [3.05, 3.63) is 71.3 Å². The fourth-order valence-corrected chi connectivity index (χ4v) is 3.98. The summed E-state index contributed by atoms with van der Waals surface area (Å²) in [6, 6.07) is 17.6. The Kier molecular flexibility index (Phi) is 4.24. The highest BCUT2D eigenvalue weighted by Gasteiger charge is 2.25. The Bertz CT molecular complexity index is 1230. The van der Waals surface area contributed by atoms with Crippen LogP contribution in [0.3, 0.4) is 0 Å². The van der Waals surface area contributed by atoms with Crippen LogP contribution in [0.15, 0.2) is 59.1 Å². The molecule has 0 aliphatic heterocycles. The molecule has 1 aliphatic rings. The van der Waals surface area contributed by atoms with Crippen molar-refractivity contribution >= 4 is 28.4 Å². The summed E-state index contributed by atoms with van der Waals surface area (Å²) < 4.78 is 5.16. The van der Waals surface area contributed by atoms with E-state index in [9.17, 15) is 4.79 Å². The van der Waals surface area contributed by atoms with E-state index in [4.69, 9.17) is 10.3 Å². The lowest BCUT2D eigenvalue weighted by atomic mass is 9.90. The summed E-state index contributed by atoms with van der Waals surface area (Å²) >= 11 is 0. The number of fused-ring (bicyclic) bond motifs is 2. The van der Waals surface area contributed by atoms with Gasteiger partial charge in [-0.1, -0.05) is 41.6 Å². The first kappa shape index (κ1) is 17.4. The van der Waals surface area contributed by atoms with Gasteiger partial charge in [-0.05, 0) is 55.0 Å². The Morgan fingerprint density at radius 1 is 1.00 bits per heavy atom. The third-order valence-electron chi connectivity index (χ3n) is 5.43. The Balaban J connectivity index is 1.52. The Labute approximate surface area is 167 Å². The topological polar surface area (TPSA) is 94.0 Å². The summed E-state index contributed by atoms with van der Waals surface area (Å²) in [5.41, 5.74) is 11.2. The second kappa shape index (κ2) is 7.05. The van der Waals surface area contributed by atoms with Crippen molar-refractivity contribution in [1.29, 1.82) is 0 Å². The summed E-state index contributed by atoms with van der Waals surface area (Å²) in [6.45, 7) is 0. The molecule has 6 heteroatoms. The van der Waals surface area contributed by atoms with Gasteiger partial charge in [0.05, 0.1) is 11.2 Å². The number of nitrogens with one attached hydrogen (secondary N) is 1. The standard InChI is InChI=1S/C23H20N4O2/c24-22-20(23(28)26-18-11-5-8-14-6-1-3-9-16(14)18)21(27-29-22)19-13-12-15-7-2-4-10-17(15)25-19/h2,4-5,7-8,10-13H,1,3,6,9,24H2,(H,26,28). The largest absolute Gasteiger partial charge is 0.367 e. The first-order chi connectivity index (χ1) is 14.2. The van der Waals surface area contributed by atoms with Crippen molar-refractivity contribution in [2.75, 3.05) is 11.1 Å². The average molecular weight is 384 g/mol. The van der Waals surface area contributed by atoms with E-state index in [1.54, 1.807) is 0 Å². The number of para-hydroxylation sites is 1. The van der Waals surface area contributed by atoms with Crippen LogP contribution in [0.5, 0.6) is 0 Å². The molecule has 0 spiro atoms. The number of hydrogen-bond donors (Lipinski definition) is 2. The summed E-state index contributed by atoms with van der Waals surface area (Å²) in [5, 5.41) is 8.04. The molecule has 5 rings (SSSR count). The van der Waals surface area contributed by atoms with Crippen molar-refractivity contribution in [3.63, 3.8) is 0 Å². The number of benzene rings is 2. The number of aryl methyl sites for hydroxylation is 1. The van der Waals surface area contributed by atoms with E-state index in [1.165, 1.54) is 17.5 Å². The summed E-state index contributed by atoms with van der Waals surface area (Å²) in [6.07, 6.45) is 4.31. The number of pyridine rings is 1. The molecule has 0 unspecified atom stereocenters. The van der Waals surface area contributed by atoms with Gasteiger partial charge in [0, 0.05) is 11.1 Å². The number of carbonyl (C=O) groups excluding carboxylic acids is 1. The van der Waals surface area contributed by atoms with Crippen LogP contribution in [0.25, 0.3) is 22.3 Å². The fourth-order valence-electron chi connectivity index (χ4n) is 3.98. The molecular weight excluding hydrogens is 364 g/mol. The number of hydrogen-bond acceptors (Lipinski definition) is 5. The number of aromatic nitrogens is 2. The molecule has 1 amide bonds. The predicted molar refractivity (Wildman–Crippen MR) is 113 cm³/mol. The Hall–Kier alpha value is -3.67. The molecule has 2 aromatic carbocycles. The van der Waals surface area contributed by atoms with E-state index >= 15 is 0 Å². The van der Waals surface area contributed by atoms with Gasteiger partial charge in [-0.25, -0.2) is 4.98 Å². The quantitative estimate of drug-likeness (QED) is 0.538. The average Bonchev–Trinajstić information content (AvgIpc) is 3.15. The molecule has 0 saturated heterocycles. The Morgan fingerprint density at radius 3 is 2.79 bits per heavy atom. The monoisotopic (exact) mass is 384 g/mol. The van der Waals surface area contributed by atoms with E-state index in [0.717, 1.165) is 35.9 Å². The Morgan fingerprint density at radius 2 is 1.86 bits per heavy atom. The van der Waals surface area contributed by atoms with E-state index in [-0.39, 0.29) is 17.4 Å². The highest BCUT2D eigenvalue weighted by atomic mass is 16.5. The maximum absolute atomic E-state index is 13.1. The zero-order valence-electron chi connectivity index (χ0n) is 15.8. The van der Waals surface area contributed by atoms with Crippen LogP contribution in [0.4, 0.5) is 11.6 Å². The molecule has 0 radical (unpaired) electrons. The van der Waals surface area contributed by atoms with E-state index in [1.807, 2.05) is 48.5 Å². The van der Waals surface area contributed by atoms with Crippen molar-refractivity contribution in [3.8, 4) is 11.4 Å². The zero-order valence-corrected chi connectivity index (χ0v) is 15.8. The molecule has 3 N–H and O–H groups in total. The first-order valence-corrected chi connectivity index (χ1v) is 9.74. The SMILES string of the molecule is Nc1onc(-c2ccc3ccccc3n2)c1C(=O)Nc1cccc2c1CCCC2. The maximum atomic E-state index is 13.1. The van der Waals surface area contributed by atoms with Gasteiger partial charge in [0.1, 0.15) is 11.3 Å². The fraction of sp³-hybridized carbons (Fsp3) is 0.174. The van der Waals surface area contributed by atoms with Gasteiger partial charge in [-0.15, -0.1) is 0 Å². The summed E-state index contributed by atoms with van der Waals surface area (Å²) in [5.74, 6) is -0.357. The molecule has 0 atom stereocenters. The molecule has 0 saturated carbocycles. The molecule has 0 bridgehead atoms. The number of amides is 1. The first-order valence-electron chi connectivity index (χ1n) is 9.74. The molecule has 4 aromatic rings. The summed E-state index contributed by atoms with van der Waals surface area (Å²) in [7, 11) is 0. The van der Waals surface area contributed by atoms with E-state index < -0.39 is 0 Å². The smallest absolute Gasteiger partial charge is 0.263 e. The van der Waals surface area contributed by atoms with Crippen LogP contribution in [0.2, 0.25) is 0 Å². The van der Waals surface area contributed by atoms with Gasteiger partial charge >= 0.3 is 0 Å². The minimum atomic E-state index is -0.340. The summed E-state index contributed by atoms with van der Waals surface area (Å²) in [4.78, 5) is 17.7. The molecule has 1 aliphatic carbocycles. The van der Waals surface area contributed by atoms with Gasteiger partial charge in [-0.2, -0.15) is 0 Å². The lowest BCUT2D eigenvalue weighted by molar-refractivity contribution is 0.102. The van der Waals surface area contributed by atoms with Gasteiger partial charge in [-0.3, -0.25) is 4.79 Å². The molecule has 0 fully saturated rings.